The van der Waals surface area contributed by atoms with Crippen molar-refractivity contribution in [2.24, 2.45) is 5.41 Å². The monoisotopic (exact) mass is 285 g/mol. The van der Waals surface area contributed by atoms with Crippen LogP contribution < -0.4 is 5.32 Å². The molecule has 0 aromatic carbocycles. The third-order valence-electron chi connectivity index (χ3n) is 4.74. The summed E-state index contributed by atoms with van der Waals surface area (Å²) in [6, 6.07) is 0. The first kappa shape index (κ1) is 12.9. The number of H-pyrrole nitrogens is 1. The van der Waals surface area contributed by atoms with Gasteiger partial charge in [-0.05, 0) is 45.4 Å². The minimum atomic E-state index is -1.03. The van der Waals surface area contributed by atoms with Crippen LogP contribution in [-0.2, 0) is 4.79 Å². The zero-order valence-electron chi connectivity index (χ0n) is 10.9. The topological polar surface area (TPSA) is 57.8 Å². The molecule has 0 atom stereocenters. The fourth-order valence-corrected chi connectivity index (χ4v) is 3.35. The van der Waals surface area contributed by atoms with Gasteiger partial charge in [0, 0.05) is 5.41 Å². The number of rotatable bonds is 2. The molecule has 6 heteroatoms. The summed E-state index contributed by atoms with van der Waals surface area (Å²) in [5, 5.41) is 9.95. The van der Waals surface area contributed by atoms with Crippen LogP contribution in [0.15, 0.2) is 0 Å². The van der Waals surface area contributed by atoms with Gasteiger partial charge in [-0.2, -0.15) is 5.10 Å². The van der Waals surface area contributed by atoms with Crippen LogP contribution in [0.4, 0.5) is 10.2 Å². The largest absolute Gasteiger partial charge is 0.307 e. The number of aromatic amines is 1. The zero-order valence-corrected chi connectivity index (χ0v) is 11.6. The zero-order chi connectivity index (χ0) is 13.7. The van der Waals surface area contributed by atoms with Crippen LogP contribution in [0.25, 0.3) is 0 Å². The second kappa shape index (κ2) is 4.20. The van der Waals surface area contributed by atoms with Gasteiger partial charge >= 0.3 is 0 Å². The summed E-state index contributed by atoms with van der Waals surface area (Å²) >= 11 is 6.04. The Labute approximate surface area is 116 Å². The molecule has 4 nitrogen and oxygen atoms in total. The molecule has 0 unspecified atom stereocenters. The fourth-order valence-electron chi connectivity index (χ4n) is 3.22. The molecule has 0 aliphatic heterocycles. The second-order valence-corrected chi connectivity index (χ2v) is 6.27. The van der Waals surface area contributed by atoms with Crippen LogP contribution in [0.2, 0.25) is 5.02 Å². The molecule has 104 valence electrons. The van der Waals surface area contributed by atoms with E-state index in [4.69, 9.17) is 11.6 Å². The lowest BCUT2D eigenvalue weighted by Crippen LogP contribution is -2.49. The van der Waals surface area contributed by atoms with Gasteiger partial charge in [-0.1, -0.05) is 11.6 Å². The third-order valence-corrected chi connectivity index (χ3v) is 5.20. The first-order valence-electron chi connectivity index (χ1n) is 6.65. The average molecular weight is 286 g/mol. The summed E-state index contributed by atoms with van der Waals surface area (Å²) in [6.07, 6.45) is 3.35. The maximum Gasteiger partial charge on any atom is 0.231 e. The third kappa shape index (κ3) is 2.04. The Morgan fingerprint density at radius 1 is 1.32 bits per heavy atom. The molecular weight excluding hydrogens is 269 g/mol. The van der Waals surface area contributed by atoms with Gasteiger partial charge in [-0.15, -0.1) is 0 Å². The first-order chi connectivity index (χ1) is 8.94. The van der Waals surface area contributed by atoms with E-state index in [1.54, 1.807) is 6.92 Å². The summed E-state index contributed by atoms with van der Waals surface area (Å²) in [7, 11) is 0. The Morgan fingerprint density at radius 3 is 2.37 bits per heavy atom. The highest BCUT2D eigenvalue weighted by Gasteiger charge is 2.52. The molecular formula is C13H17ClFN3O. The van der Waals surface area contributed by atoms with Crippen molar-refractivity contribution in [1.29, 1.82) is 0 Å². The molecule has 1 amide bonds. The molecule has 2 N–H and O–H groups in total. The molecule has 0 saturated heterocycles. The minimum Gasteiger partial charge on any atom is -0.307 e. The van der Waals surface area contributed by atoms with Crippen LogP contribution in [-0.4, -0.2) is 21.8 Å². The molecule has 0 spiro atoms. The van der Waals surface area contributed by atoms with Crippen molar-refractivity contribution in [1.82, 2.24) is 10.2 Å². The summed E-state index contributed by atoms with van der Waals surface area (Å²) in [5.41, 5.74) is -0.725. The molecule has 19 heavy (non-hydrogen) atoms. The number of aromatic nitrogens is 2. The Balaban J connectivity index is 1.76. The van der Waals surface area contributed by atoms with Crippen LogP contribution in [0.5, 0.6) is 0 Å². The summed E-state index contributed by atoms with van der Waals surface area (Å²) in [4.78, 5) is 12.5. The number of alkyl halides is 1. The fraction of sp³-hybridized carbons (Fsp3) is 0.692. The molecule has 1 heterocycles. The smallest absolute Gasteiger partial charge is 0.231 e. The van der Waals surface area contributed by atoms with E-state index in [0.717, 1.165) is 5.69 Å². The molecule has 3 saturated carbocycles. The summed E-state index contributed by atoms with van der Waals surface area (Å²) in [5.74, 6) is 0.309. The van der Waals surface area contributed by atoms with E-state index in [9.17, 15) is 9.18 Å². The van der Waals surface area contributed by atoms with Gasteiger partial charge in [-0.25, -0.2) is 4.39 Å². The minimum absolute atomic E-state index is 0.0670. The van der Waals surface area contributed by atoms with Crippen molar-refractivity contribution in [2.45, 2.75) is 51.1 Å². The standard InChI is InChI=1S/C13H17ClFN3O/c1-8-9(14)10(18-17-8)16-11(19)12-2-5-13(15,6-3-12)7-4-12/h2-7H2,1H3,(H2,16,17,18,19). The predicted molar refractivity (Wildman–Crippen MR) is 70.9 cm³/mol. The van der Waals surface area contributed by atoms with Gasteiger partial charge in [0.2, 0.25) is 5.91 Å². The molecule has 2 bridgehead atoms. The Kier molecular flexibility index (Phi) is 2.85. The van der Waals surface area contributed by atoms with E-state index in [1.165, 1.54) is 0 Å². The van der Waals surface area contributed by atoms with Crippen molar-refractivity contribution >= 4 is 23.3 Å². The van der Waals surface area contributed by atoms with Crippen molar-refractivity contribution in [3.05, 3.63) is 10.7 Å². The highest BCUT2D eigenvalue weighted by Crippen LogP contribution is 2.54. The van der Waals surface area contributed by atoms with E-state index < -0.39 is 11.1 Å². The van der Waals surface area contributed by atoms with Crippen molar-refractivity contribution in [3.63, 3.8) is 0 Å². The van der Waals surface area contributed by atoms with Crippen molar-refractivity contribution in [2.75, 3.05) is 5.32 Å². The number of carbonyl (C=O) groups is 1. The Bertz CT molecular complexity index is 503. The van der Waals surface area contributed by atoms with Gasteiger partial charge < -0.3 is 5.32 Å². The number of hydrogen-bond donors (Lipinski definition) is 2. The van der Waals surface area contributed by atoms with Gasteiger partial charge in [0.25, 0.3) is 0 Å². The van der Waals surface area contributed by atoms with E-state index in [-0.39, 0.29) is 5.91 Å². The predicted octanol–water partition coefficient (Wildman–Crippen LogP) is 3.37. The average Bonchev–Trinajstić information content (AvgIpc) is 2.72. The highest BCUT2D eigenvalue weighted by atomic mass is 35.5. The van der Waals surface area contributed by atoms with E-state index in [0.29, 0.717) is 49.4 Å². The Hall–Kier alpha value is -1.10. The number of aryl methyl sites for hydroxylation is 1. The van der Waals surface area contributed by atoms with Crippen LogP contribution in [0.3, 0.4) is 0 Å². The number of carbonyl (C=O) groups excluding carboxylic acids is 1. The van der Waals surface area contributed by atoms with Crippen molar-refractivity contribution in [3.8, 4) is 0 Å². The van der Waals surface area contributed by atoms with E-state index in [1.807, 2.05) is 0 Å². The number of nitrogens with one attached hydrogen (secondary N) is 2. The SMILES string of the molecule is Cc1[nH]nc(NC(=O)C23CCC(F)(CC2)CC3)c1Cl. The molecule has 1 aromatic rings. The number of anilines is 1. The van der Waals surface area contributed by atoms with E-state index in [2.05, 4.69) is 15.5 Å². The first-order valence-corrected chi connectivity index (χ1v) is 7.03. The molecule has 3 aliphatic rings. The van der Waals surface area contributed by atoms with Crippen LogP contribution in [0.1, 0.15) is 44.2 Å². The summed E-state index contributed by atoms with van der Waals surface area (Å²) in [6.45, 7) is 1.79. The molecule has 0 radical (unpaired) electrons. The lowest BCUT2D eigenvalue weighted by Gasteiger charge is -2.48. The number of halogens is 2. The summed E-state index contributed by atoms with van der Waals surface area (Å²) < 4.78 is 14.1. The van der Waals surface area contributed by atoms with E-state index >= 15 is 0 Å². The molecule has 1 aromatic heterocycles. The number of fused-ring (bicyclic) bond motifs is 3. The number of nitrogens with zero attached hydrogens (tertiary/aromatic N) is 1. The lowest BCUT2D eigenvalue weighted by molar-refractivity contribution is -0.135. The quantitative estimate of drug-likeness (QED) is 0.875. The molecule has 4 rings (SSSR count). The highest BCUT2D eigenvalue weighted by molar-refractivity contribution is 6.34. The van der Waals surface area contributed by atoms with Gasteiger partial charge in [0.05, 0.1) is 5.69 Å². The molecule has 3 aliphatic carbocycles. The lowest BCUT2D eigenvalue weighted by atomic mass is 9.59. The Morgan fingerprint density at radius 2 is 1.89 bits per heavy atom. The van der Waals surface area contributed by atoms with Gasteiger partial charge in [-0.3, -0.25) is 9.89 Å². The number of amides is 1. The maximum atomic E-state index is 14.1. The van der Waals surface area contributed by atoms with Crippen molar-refractivity contribution < 1.29 is 9.18 Å². The van der Waals surface area contributed by atoms with Gasteiger partial charge in [0.1, 0.15) is 10.7 Å². The van der Waals surface area contributed by atoms with Gasteiger partial charge in [0.15, 0.2) is 5.82 Å². The normalized spacial score (nSPS) is 33.4. The second-order valence-electron chi connectivity index (χ2n) is 5.90. The van der Waals surface area contributed by atoms with Crippen LogP contribution in [0, 0.1) is 12.3 Å². The maximum absolute atomic E-state index is 14.1. The number of hydrogen-bond acceptors (Lipinski definition) is 2. The molecule has 3 fully saturated rings. The van der Waals surface area contributed by atoms with Crippen LogP contribution >= 0.6 is 11.6 Å².